The first-order valence-electron chi connectivity index (χ1n) is 14.9. The maximum atomic E-state index is 14.3. The third-order valence-corrected chi connectivity index (χ3v) is 6.82. The molecule has 232 valence electrons. The second-order valence-corrected chi connectivity index (χ2v) is 13.9. The molecule has 2 atom stereocenters. The third kappa shape index (κ3) is 10.2. The number of ether oxygens (including phenoxy) is 2. The zero-order valence-electron chi connectivity index (χ0n) is 27.2. The Kier molecular flexibility index (Phi) is 12.1. The number of nitrogens with one attached hydrogen (secondary N) is 1. The molecule has 1 aliphatic rings. The predicted octanol–water partition coefficient (Wildman–Crippen LogP) is 5.17. The number of piperidine rings is 1. The summed E-state index contributed by atoms with van der Waals surface area (Å²) in [5.41, 5.74) is -0.605. The zero-order chi connectivity index (χ0) is 31.1. The van der Waals surface area contributed by atoms with Gasteiger partial charge < -0.3 is 24.6 Å². The molecule has 1 aromatic rings. The summed E-state index contributed by atoms with van der Waals surface area (Å²) in [6.45, 7) is 21.6. The lowest BCUT2D eigenvalue weighted by atomic mass is 9.85. The van der Waals surface area contributed by atoms with Crippen molar-refractivity contribution in [3.63, 3.8) is 0 Å². The number of hydrogen-bond acceptors (Lipinski definition) is 8. The van der Waals surface area contributed by atoms with Crippen molar-refractivity contribution in [3.05, 3.63) is 17.6 Å². The third-order valence-electron chi connectivity index (χ3n) is 6.82. The van der Waals surface area contributed by atoms with Crippen molar-refractivity contribution in [2.75, 3.05) is 45.2 Å². The Hall–Kier alpha value is -2.75. The van der Waals surface area contributed by atoms with Crippen LogP contribution in [0.1, 0.15) is 98.3 Å². The maximum absolute atomic E-state index is 14.3. The van der Waals surface area contributed by atoms with Gasteiger partial charge in [0, 0.05) is 63.3 Å². The maximum Gasteiger partial charge on any atom is 0.410 e. The van der Waals surface area contributed by atoms with Crippen molar-refractivity contribution in [1.29, 1.82) is 0 Å². The second kappa shape index (κ2) is 14.4. The molecule has 1 aromatic heterocycles. The monoisotopic (exact) mass is 575 g/mol. The lowest BCUT2D eigenvalue weighted by Gasteiger charge is -2.43. The summed E-state index contributed by atoms with van der Waals surface area (Å²) in [4.78, 5) is 53.5. The van der Waals surface area contributed by atoms with E-state index in [1.807, 2.05) is 55.4 Å². The fourth-order valence-corrected chi connectivity index (χ4v) is 4.85. The highest BCUT2D eigenvalue weighted by molar-refractivity contribution is 5.99. The molecule has 0 aliphatic carbocycles. The lowest BCUT2D eigenvalue weighted by molar-refractivity contribution is -0.128. The Bertz CT molecular complexity index is 1040. The minimum Gasteiger partial charge on any atom is -0.444 e. The fraction of sp³-hybridized carbons (Fsp3) is 0.774. The van der Waals surface area contributed by atoms with Gasteiger partial charge in [0.05, 0.1) is 6.04 Å². The number of Topliss-reactive ketones (excluding diaryl/α,β-unsaturated/α-hetero) is 1. The minimum atomic E-state index is -0.676. The molecule has 2 amide bonds. The molecule has 1 N–H and O–H groups in total. The van der Waals surface area contributed by atoms with Gasteiger partial charge in [-0.15, -0.1) is 0 Å². The van der Waals surface area contributed by atoms with Crippen LogP contribution in [0, 0.1) is 17.8 Å². The summed E-state index contributed by atoms with van der Waals surface area (Å²) in [5.74, 6) is 0.552. The quantitative estimate of drug-likeness (QED) is 0.360. The minimum absolute atomic E-state index is 0.0820. The molecule has 10 heteroatoms. The van der Waals surface area contributed by atoms with Crippen LogP contribution in [0.2, 0.25) is 0 Å². The molecular formula is C31H53N5O5. The van der Waals surface area contributed by atoms with Crippen LogP contribution in [0.15, 0.2) is 6.20 Å². The molecule has 0 unspecified atom stereocenters. The molecule has 1 saturated heterocycles. The second-order valence-electron chi connectivity index (χ2n) is 13.9. The molecule has 1 aliphatic heterocycles. The van der Waals surface area contributed by atoms with Crippen molar-refractivity contribution in [3.8, 4) is 0 Å². The van der Waals surface area contributed by atoms with Crippen molar-refractivity contribution < 1.29 is 23.9 Å². The van der Waals surface area contributed by atoms with Gasteiger partial charge in [0.2, 0.25) is 0 Å². The molecule has 0 bridgehead atoms. The van der Waals surface area contributed by atoms with E-state index < -0.39 is 17.6 Å². The molecule has 0 spiro atoms. The van der Waals surface area contributed by atoms with E-state index in [9.17, 15) is 14.4 Å². The van der Waals surface area contributed by atoms with E-state index in [0.717, 1.165) is 6.42 Å². The first-order chi connectivity index (χ1) is 18.9. The summed E-state index contributed by atoms with van der Waals surface area (Å²) in [6, 6.07) is -0.373. The summed E-state index contributed by atoms with van der Waals surface area (Å²) in [7, 11) is 1.66. The molecule has 10 nitrogen and oxygen atoms in total. The SMILES string of the molecule is COCCCNc1nc(C(C)(C)C)ncc1C(=O)N(CC(C)C)[C@H]1C[C@@H](C(=O)C(C)C)CN(C(=O)OC(C)(C)C)C1. The van der Waals surface area contributed by atoms with Crippen LogP contribution in [0.5, 0.6) is 0 Å². The van der Waals surface area contributed by atoms with Crippen molar-refractivity contribution in [1.82, 2.24) is 19.8 Å². The molecule has 41 heavy (non-hydrogen) atoms. The molecule has 0 radical (unpaired) electrons. The van der Waals surface area contributed by atoms with E-state index in [1.165, 1.54) is 0 Å². The van der Waals surface area contributed by atoms with Crippen LogP contribution in [0.3, 0.4) is 0 Å². The molecular weight excluding hydrogens is 522 g/mol. The van der Waals surface area contributed by atoms with E-state index in [1.54, 1.807) is 23.1 Å². The van der Waals surface area contributed by atoms with Crippen LogP contribution in [0.4, 0.5) is 10.6 Å². The van der Waals surface area contributed by atoms with Gasteiger partial charge in [-0.05, 0) is 39.5 Å². The Morgan fingerprint density at radius 2 is 1.76 bits per heavy atom. The van der Waals surface area contributed by atoms with Crippen LogP contribution >= 0.6 is 0 Å². The van der Waals surface area contributed by atoms with Gasteiger partial charge in [0.25, 0.3) is 5.91 Å². The van der Waals surface area contributed by atoms with Gasteiger partial charge in [-0.25, -0.2) is 14.8 Å². The number of rotatable bonds is 11. The van der Waals surface area contributed by atoms with Crippen molar-refractivity contribution in [2.24, 2.45) is 17.8 Å². The molecule has 0 saturated carbocycles. The average Bonchev–Trinajstić information content (AvgIpc) is 2.86. The van der Waals surface area contributed by atoms with Crippen molar-refractivity contribution in [2.45, 2.75) is 99.1 Å². The predicted molar refractivity (Wildman–Crippen MR) is 161 cm³/mol. The summed E-state index contributed by atoms with van der Waals surface area (Å²) in [5, 5.41) is 3.33. The van der Waals surface area contributed by atoms with Crippen LogP contribution in [0.25, 0.3) is 0 Å². The smallest absolute Gasteiger partial charge is 0.410 e. The van der Waals surface area contributed by atoms with Crippen LogP contribution < -0.4 is 5.32 Å². The van der Waals surface area contributed by atoms with Gasteiger partial charge in [-0.2, -0.15) is 0 Å². The summed E-state index contributed by atoms with van der Waals surface area (Å²) < 4.78 is 10.9. The van der Waals surface area contributed by atoms with E-state index in [4.69, 9.17) is 14.5 Å². The first kappa shape index (κ1) is 34.5. The number of anilines is 1. The number of likely N-dealkylation sites (tertiary alicyclic amines) is 1. The summed E-state index contributed by atoms with van der Waals surface area (Å²) in [6.07, 6.45) is 2.36. The highest BCUT2D eigenvalue weighted by atomic mass is 16.6. The standard InChI is InChI=1S/C31H53N5O5/c1-20(2)17-36(23-15-22(25(37)21(3)4)18-35(19-23)29(39)41-31(8,9)10)27(38)24-16-33-28(30(5,6)7)34-26(24)32-13-12-14-40-11/h16,20-23H,12-15,17-19H2,1-11H3,(H,32,33,34)/t22-,23+/m1/s1. The number of nitrogens with zero attached hydrogens (tertiary/aromatic N) is 4. The Morgan fingerprint density at radius 3 is 2.29 bits per heavy atom. The fourth-order valence-electron chi connectivity index (χ4n) is 4.85. The van der Waals surface area contributed by atoms with Crippen LogP contribution in [-0.2, 0) is 19.7 Å². The topological polar surface area (TPSA) is 114 Å². The molecule has 1 fully saturated rings. The number of hydrogen-bond donors (Lipinski definition) is 1. The summed E-state index contributed by atoms with van der Waals surface area (Å²) >= 11 is 0. The van der Waals surface area contributed by atoms with E-state index in [2.05, 4.69) is 24.1 Å². The number of methoxy groups -OCH3 is 1. The largest absolute Gasteiger partial charge is 0.444 e. The number of carbonyl (C=O) groups excluding carboxylic acids is 3. The first-order valence-corrected chi connectivity index (χ1v) is 14.9. The lowest BCUT2D eigenvalue weighted by Crippen LogP contribution is -2.57. The van der Waals surface area contributed by atoms with Gasteiger partial charge in [0.1, 0.15) is 28.6 Å². The van der Waals surface area contributed by atoms with E-state index >= 15 is 0 Å². The highest BCUT2D eigenvalue weighted by Gasteiger charge is 2.40. The molecule has 2 heterocycles. The number of amides is 2. The zero-order valence-corrected chi connectivity index (χ0v) is 27.2. The van der Waals surface area contributed by atoms with Gasteiger partial charge >= 0.3 is 6.09 Å². The highest BCUT2D eigenvalue weighted by Crippen LogP contribution is 2.29. The average molecular weight is 576 g/mol. The van der Waals surface area contributed by atoms with E-state index in [0.29, 0.717) is 43.3 Å². The Labute approximate surface area is 246 Å². The van der Waals surface area contributed by atoms with Crippen LogP contribution in [-0.4, -0.2) is 89.1 Å². The van der Waals surface area contributed by atoms with Crippen molar-refractivity contribution >= 4 is 23.6 Å². The normalized spacial score (nSPS) is 18.0. The number of ketones is 1. The Balaban J connectivity index is 2.52. The Morgan fingerprint density at radius 1 is 1.10 bits per heavy atom. The molecule has 0 aromatic carbocycles. The molecule has 2 rings (SSSR count). The number of carbonyl (C=O) groups is 3. The van der Waals surface area contributed by atoms with Gasteiger partial charge in [-0.1, -0.05) is 48.5 Å². The van der Waals surface area contributed by atoms with E-state index in [-0.39, 0.29) is 48.1 Å². The van der Waals surface area contributed by atoms with Gasteiger partial charge in [0.15, 0.2) is 0 Å². The van der Waals surface area contributed by atoms with Gasteiger partial charge in [-0.3, -0.25) is 9.59 Å². The number of aromatic nitrogens is 2.